The number of nitrogens with zero attached hydrogens (tertiary/aromatic N) is 5. The lowest BCUT2D eigenvalue weighted by Crippen LogP contribution is -2.38. The number of allylic oxidation sites excluding steroid dienone is 2. The number of hydrogen-bond acceptors (Lipinski definition) is 8. The van der Waals surface area contributed by atoms with Crippen molar-refractivity contribution in [2.24, 2.45) is 4.99 Å². The molecular weight excluding hydrogens is 428 g/mol. The lowest BCUT2D eigenvalue weighted by atomic mass is 10.2. The van der Waals surface area contributed by atoms with Gasteiger partial charge in [0.2, 0.25) is 17.8 Å². The summed E-state index contributed by atoms with van der Waals surface area (Å²) >= 11 is 0. The van der Waals surface area contributed by atoms with Gasteiger partial charge in [-0.3, -0.25) is 10.2 Å². The number of aliphatic imine (C=N–C) groups is 1. The smallest absolute Gasteiger partial charge is 0.297 e. The Hall–Kier alpha value is -4.53. The number of carbonyl (C=O) groups is 1. The standard InChI is InChI=1S/C25H26N8O/c1-3-26-23-29-24(27-4-2)31-25(30-23)32-33-21(19-15-9-6-10-16-19)28-20(22(33)34)17-11-14-18-12-7-5-8-13-18/h5-17H,3-4H2,1-2H3,(H3,26,27,29,30,31,32)/b14-11+,20-17-. The lowest BCUT2D eigenvalue weighted by Gasteiger charge is -2.19. The summed E-state index contributed by atoms with van der Waals surface area (Å²) in [7, 11) is 0. The molecule has 1 aliphatic rings. The highest BCUT2D eigenvalue weighted by atomic mass is 16.2. The van der Waals surface area contributed by atoms with Crippen LogP contribution in [0.4, 0.5) is 17.8 Å². The van der Waals surface area contributed by atoms with Crippen molar-refractivity contribution >= 4 is 35.7 Å². The van der Waals surface area contributed by atoms with Gasteiger partial charge in [-0.25, -0.2) is 4.99 Å². The summed E-state index contributed by atoms with van der Waals surface area (Å²) in [4.78, 5) is 31.0. The number of amides is 1. The summed E-state index contributed by atoms with van der Waals surface area (Å²) in [6.07, 6.45) is 5.43. The molecule has 0 bridgehead atoms. The highest BCUT2D eigenvalue weighted by molar-refractivity contribution is 6.19. The highest BCUT2D eigenvalue weighted by Crippen LogP contribution is 2.21. The molecule has 2 heterocycles. The van der Waals surface area contributed by atoms with Crippen LogP contribution in [0, 0.1) is 0 Å². The molecule has 1 amide bonds. The molecule has 9 heteroatoms. The molecule has 3 aromatic rings. The topological polar surface area (TPSA) is 107 Å². The summed E-state index contributed by atoms with van der Waals surface area (Å²) in [5, 5.41) is 7.52. The van der Waals surface area contributed by atoms with Crippen molar-refractivity contribution in [3.8, 4) is 0 Å². The number of hydrazine groups is 1. The molecule has 1 aliphatic heterocycles. The molecule has 0 unspecified atom stereocenters. The second-order valence-electron chi connectivity index (χ2n) is 7.24. The summed E-state index contributed by atoms with van der Waals surface area (Å²) in [6, 6.07) is 19.4. The molecule has 0 fully saturated rings. The van der Waals surface area contributed by atoms with Crippen LogP contribution in [0.2, 0.25) is 0 Å². The number of anilines is 3. The minimum absolute atomic E-state index is 0.222. The first kappa shape index (κ1) is 22.7. The van der Waals surface area contributed by atoms with Crippen molar-refractivity contribution < 1.29 is 4.79 Å². The maximum absolute atomic E-state index is 13.3. The summed E-state index contributed by atoms with van der Waals surface area (Å²) in [6.45, 7) is 5.20. The van der Waals surface area contributed by atoms with Gasteiger partial charge in [0, 0.05) is 18.7 Å². The number of nitrogens with one attached hydrogen (secondary N) is 3. The van der Waals surface area contributed by atoms with Crippen molar-refractivity contribution in [3.05, 3.63) is 89.6 Å². The third-order valence-corrected chi connectivity index (χ3v) is 4.75. The zero-order valence-corrected chi connectivity index (χ0v) is 19.1. The summed E-state index contributed by atoms with van der Waals surface area (Å²) in [5.41, 5.74) is 5.13. The first-order chi connectivity index (χ1) is 16.7. The number of rotatable bonds is 9. The van der Waals surface area contributed by atoms with E-state index < -0.39 is 0 Å². The molecule has 0 atom stereocenters. The second kappa shape index (κ2) is 10.9. The molecular formula is C25H26N8O. The monoisotopic (exact) mass is 454 g/mol. The van der Waals surface area contributed by atoms with Crippen molar-refractivity contribution in [2.75, 3.05) is 29.1 Å². The van der Waals surface area contributed by atoms with Gasteiger partial charge >= 0.3 is 0 Å². The fourth-order valence-corrected chi connectivity index (χ4v) is 3.23. The van der Waals surface area contributed by atoms with Crippen LogP contribution in [0.15, 0.2) is 83.5 Å². The minimum atomic E-state index is -0.313. The SMILES string of the molecule is CCNc1nc(NCC)nc(NN2C(=O)/C(=C/C=C/c3ccccc3)N=C2c2ccccc2)n1. The minimum Gasteiger partial charge on any atom is -0.354 e. The quantitative estimate of drug-likeness (QED) is 0.420. The third-order valence-electron chi connectivity index (χ3n) is 4.75. The van der Waals surface area contributed by atoms with Crippen LogP contribution in [0.25, 0.3) is 6.08 Å². The predicted molar refractivity (Wildman–Crippen MR) is 135 cm³/mol. The van der Waals surface area contributed by atoms with Crippen LogP contribution in [-0.4, -0.2) is 44.8 Å². The van der Waals surface area contributed by atoms with Gasteiger partial charge in [-0.15, -0.1) is 0 Å². The first-order valence-electron chi connectivity index (χ1n) is 11.1. The molecule has 0 spiro atoms. The Bertz CT molecular complexity index is 1200. The first-order valence-corrected chi connectivity index (χ1v) is 11.1. The van der Waals surface area contributed by atoms with E-state index in [2.05, 4.69) is 36.0 Å². The average Bonchev–Trinajstić information content (AvgIpc) is 3.16. The van der Waals surface area contributed by atoms with Gasteiger partial charge in [-0.1, -0.05) is 72.8 Å². The fraction of sp³-hybridized carbons (Fsp3) is 0.160. The van der Waals surface area contributed by atoms with Crippen molar-refractivity contribution in [1.82, 2.24) is 20.0 Å². The zero-order chi connectivity index (χ0) is 23.8. The van der Waals surface area contributed by atoms with Crippen LogP contribution in [0.5, 0.6) is 0 Å². The van der Waals surface area contributed by atoms with Gasteiger partial charge in [0.15, 0.2) is 5.84 Å². The average molecular weight is 455 g/mol. The molecule has 1 aromatic heterocycles. The van der Waals surface area contributed by atoms with E-state index in [1.165, 1.54) is 5.01 Å². The van der Waals surface area contributed by atoms with E-state index in [-0.39, 0.29) is 11.9 Å². The molecule has 0 saturated heterocycles. The van der Waals surface area contributed by atoms with E-state index in [4.69, 9.17) is 0 Å². The molecule has 0 saturated carbocycles. The van der Waals surface area contributed by atoms with E-state index >= 15 is 0 Å². The van der Waals surface area contributed by atoms with Crippen molar-refractivity contribution in [1.29, 1.82) is 0 Å². The zero-order valence-electron chi connectivity index (χ0n) is 19.1. The van der Waals surface area contributed by atoms with Gasteiger partial charge in [0.1, 0.15) is 5.70 Å². The molecule has 3 N–H and O–H groups in total. The predicted octanol–water partition coefficient (Wildman–Crippen LogP) is 3.95. The van der Waals surface area contributed by atoms with Crippen LogP contribution in [-0.2, 0) is 4.79 Å². The van der Waals surface area contributed by atoms with E-state index in [0.29, 0.717) is 36.5 Å². The normalized spacial score (nSPS) is 14.5. The third kappa shape index (κ3) is 5.44. The summed E-state index contributed by atoms with van der Waals surface area (Å²) < 4.78 is 0. The maximum Gasteiger partial charge on any atom is 0.297 e. The molecule has 0 aliphatic carbocycles. The lowest BCUT2D eigenvalue weighted by molar-refractivity contribution is -0.121. The molecule has 172 valence electrons. The largest absolute Gasteiger partial charge is 0.354 e. The Morgan fingerprint density at radius 3 is 2.03 bits per heavy atom. The van der Waals surface area contributed by atoms with E-state index in [0.717, 1.165) is 11.1 Å². The highest BCUT2D eigenvalue weighted by Gasteiger charge is 2.32. The van der Waals surface area contributed by atoms with Gasteiger partial charge in [-0.2, -0.15) is 20.0 Å². The van der Waals surface area contributed by atoms with Crippen LogP contribution < -0.4 is 16.1 Å². The Kier molecular flexibility index (Phi) is 7.24. The van der Waals surface area contributed by atoms with Crippen LogP contribution >= 0.6 is 0 Å². The number of carbonyl (C=O) groups excluding carboxylic acids is 1. The number of amidine groups is 1. The van der Waals surface area contributed by atoms with Gasteiger partial charge in [0.25, 0.3) is 5.91 Å². The molecule has 0 radical (unpaired) electrons. The Morgan fingerprint density at radius 1 is 0.824 bits per heavy atom. The number of aromatic nitrogens is 3. The molecule has 9 nitrogen and oxygen atoms in total. The van der Waals surface area contributed by atoms with Gasteiger partial charge < -0.3 is 10.6 Å². The Labute approximate surface area is 198 Å². The van der Waals surface area contributed by atoms with Crippen LogP contribution in [0.3, 0.4) is 0 Å². The van der Waals surface area contributed by atoms with Gasteiger partial charge in [0.05, 0.1) is 0 Å². The van der Waals surface area contributed by atoms with Crippen LogP contribution in [0.1, 0.15) is 25.0 Å². The number of benzene rings is 2. The number of hydrogen-bond donors (Lipinski definition) is 3. The Morgan fingerprint density at radius 2 is 1.41 bits per heavy atom. The van der Waals surface area contributed by atoms with Gasteiger partial charge in [-0.05, 0) is 25.5 Å². The maximum atomic E-state index is 13.3. The molecule has 4 rings (SSSR count). The second-order valence-corrected chi connectivity index (χ2v) is 7.24. The van der Waals surface area contributed by atoms with E-state index in [9.17, 15) is 4.79 Å². The van der Waals surface area contributed by atoms with Crippen molar-refractivity contribution in [3.63, 3.8) is 0 Å². The van der Waals surface area contributed by atoms with E-state index in [1.54, 1.807) is 6.08 Å². The fourth-order valence-electron chi connectivity index (χ4n) is 3.23. The Balaban J connectivity index is 1.65. The van der Waals surface area contributed by atoms with Crippen molar-refractivity contribution in [2.45, 2.75) is 13.8 Å². The summed E-state index contributed by atoms with van der Waals surface area (Å²) in [5.74, 6) is 1.18. The molecule has 34 heavy (non-hydrogen) atoms. The van der Waals surface area contributed by atoms with E-state index in [1.807, 2.05) is 86.7 Å². The molecule has 2 aromatic carbocycles.